The van der Waals surface area contributed by atoms with Crippen molar-refractivity contribution in [3.05, 3.63) is 65.0 Å². The monoisotopic (exact) mass is 474 g/mol. The molecular weight excluding hydrogens is 449 g/mol. The first kappa shape index (κ1) is 23.6. The molecule has 0 aliphatic carbocycles. The molecule has 7 nitrogen and oxygen atoms in total. The minimum atomic E-state index is -4.43. The molecule has 0 bridgehead atoms. The van der Waals surface area contributed by atoms with Crippen molar-refractivity contribution in [3.63, 3.8) is 0 Å². The SMILES string of the molecule is Cc1noc(NC(=O)N2CC(CCCc3cccc(Oc4ccc(C(F)(F)F)cn4)c3)C2)c1C. The number of anilines is 1. The molecule has 0 atom stereocenters. The van der Waals surface area contributed by atoms with Crippen molar-refractivity contribution in [2.75, 3.05) is 18.4 Å². The van der Waals surface area contributed by atoms with E-state index < -0.39 is 11.7 Å². The van der Waals surface area contributed by atoms with Crippen LogP contribution in [0.3, 0.4) is 0 Å². The van der Waals surface area contributed by atoms with Gasteiger partial charge in [-0.1, -0.05) is 17.3 Å². The molecule has 1 aromatic carbocycles. The number of amides is 2. The number of halogens is 3. The van der Waals surface area contributed by atoms with Crippen LogP contribution in [0.4, 0.5) is 23.8 Å². The fraction of sp³-hybridized carbons (Fsp3) is 0.375. The van der Waals surface area contributed by atoms with Crippen molar-refractivity contribution in [2.45, 2.75) is 39.3 Å². The van der Waals surface area contributed by atoms with Crippen LogP contribution >= 0.6 is 0 Å². The number of ether oxygens (including phenoxy) is 1. The van der Waals surface area contributed by atoms with Gasteiger partial charge < -0.3 is 14.2 Å². The lowest BCUT2D eigenvalue weighted by molar-refractivity contribution is -0.137. The largest absolute Gasteiger partial charge is 0.439 e. The van der Waals surface area contributed by atoms with Gasteiger partial charge in [-0.05, 0) is 62.8 Å². The molecule has 0 spiro atoms. The molecule has 3 heterocycles. The van der Waals surface area contributed by atoms with Gasteiger partial charge in [-0.25, -0.2) is 9.78 Å². The van der Waals surface area contributed by atoms with E-state index in [1.165, 1.54) is 6.07 Å². The topological polar surface area (TPSA) is 80.5 Å². The highest BCUT2D eigenvalue weighted by Gasteiger charge is 2.31. The van der Waals surface area contributed by atoms with Gasteiger partial charge in [0.05, 0.1) is 11.3 Å². The van der Waals surface area contributed by atoms with Crippen LogP contribution < -0.4 is 10.1 Å². The number of pyridine rings is 1. The molecule has 0 saturated carbocycles. The zero-order valence-corrected chi connectivity index (χ0v) is 18.9. The number of aromatic nitrogens is 2. The number of benzene rings is 1. The molecule has 1 aliphatic heterocycles. The third-order valence-electron chi connectivity index (χ3n) is 5.88. The molecule has 2 aromatic heterocycles. The Bertz CT molecular complexity index is 1140. The van der Waals surface area contributed by atoms with Gasteiger partial charge in [0.25, 0.3) is 0 Å². The summed E-state index contributed by atoms with van der Waals surface area (Å²) < 4.78 is 48.7. The van der Waals surface area contributed by atoms with Crippen molar-refractivity contribution in [3.8, 4) is 11.6 Å². The zero-order chi connectivity index (χ0) is 24.3. The van der Waals surface area contributed by atoms with Crippen LogP contribution in [0.1, 0.15) is 35.2 Å². The van der Waals surface area contributed by atoms with Crippen LogP contribution in [0, 0.1) is 19.8 Å². The van der Waals surface area contributed by atoms with Crippen molar-refractivity contribution < 1.29 is 27.2 Å². The molecule has 1 aliphatic rings. The molecule has 34 heavy (non-hydrogen) atoms. The van der Waals surface area contributed by atoms with Crippen LogP contribution in [-0.2, 0) is 12.6 Å². The Hall–Kier alpha value is -3.56. The van der Waals surface area contributed by atoms with E-state index >= 15 is 0 Å². The molecule has 0 unspecified atom stereocenters. The summed E-state index contributed by atoms with van der Waals surface area (Å²) >= 11 is 0. The van der Waals surface area contributed by atoms with Crippen molar-refractivity contribution in [1.29, 1.82) is 0 Å². The van der Waals surface area contributed by atoms with E-state index in [1.807, 2.05) is 32.0 Å². The summed E-state index contributed by atoms with van der Waals surface area (Å²) in [6, 6.07) is 9.40. The maximum Gasteiger partial charge on any atom is 0.417 e. The maximum absolute atomic E-state index is 12.7. The number of hydrogen-bond donors (Lipinski definition) is 1. The summed E-state index contributed by atoms with van der Waals surface area (Å²) in [6.45, 7) is 5.06. The van der Waals surface area contributed by atoms with Crippen molar-refractivity contribution in [2.24, 2.45) is 5.92 Å². The van der Waals surface area contributed by atoms with Crippen LogP contribution in [0.2, 0.25) is 0 Å². The van der Waals surface area contributed by atoms with E-state index in [4.69, 9.17) is 9.26 Å². The Morgan fingerprint density at radius 1 is 1.24 bits per heavy atom. The highest BCUT2D eigenvalue weighted by Crippen LogP contribution is 2.30. The standard InChI is InChI=1S/C24H25F3N4O3/c1-15-16(2)30-34-22(15)29-23(32)31-13-18(14-31)7-3-5-17-6-4-8-20(11-17)33-21-10-9-19(12-28-21)24(25,26)27/h4,6,8-12,18H,3,5,7,13-14H2,1-2H3,(H,29,32). The Kier molecular flexibility index (Phi) is 6.76. The Labute approximate surface area is 194 Å². The second-order valence-electron chi connectivity index (χ2n) is 8.45. The Morgan fingerprint density at radius 3 is 2.68 bits per heavy atom. The van der Waals surface area contributed by atoms with E-state index in [9.17, 15) is 18.0 Å². The van der Waals surface area contributed by atoms with Gasteiger partial charge in [-0.2, -0.15) is 13.2 Å². The number of aryl methyl sites for hydroxylation is 2. The molecule has 1 fully saturated rings. The van der Waals surface area contributed by atoms with Crippen LogP contribution in [0.5, 0.6) is 11.6 Å². The summed E-state index contributed by atoms with van der Waals surface area (Å²) in [4.78, 5) is 17.8. The number of rotatable bonds is 7. The lowest BCUT2D eigenvalue weighted by Crippen LogP contribution is -2.51. The highest BCUT2D eigenvalue weighted by atomic mass is 19.4. The van der Waals surface area contributed by atoms with Crippen molar-refractivity contribution in [1.82, 2.24) is 15.0 Å². The zero-order valence-electron chi connectivity index (χ0n) is 18.9. The van der Waals surface area contributed by atoms with Gasteiger partial charge in [0, 0.05) is 30.9 Å². The molecular formula is C24H25F3N4O3. The summed E-state index contributed by atoms with van der Waals surface area (Å²) in [7, 11) is 0. The second kappa shape index (κ2) is 9.74. The highest BCUT2D eigenvalue weighted by molar-refractivity contribution is 5.89. The normalized spacial score (nSPS) is 14.1. The quantitative estimate of drug-likeness (QED) is 0.455. The van der Waals surface area contributed by atoms with Gasteiger partial charge in [0.2, 0.25) is 11.8 Å². The summed E-state index contributed by atoms with van der Waals surface area (Å²) in [5, 5.41) is 6.59. The molecule has 2 amide bonds. The van der Waals surface area contributed by atoms with Gasteiger partial charge in [-0.15, -0.1) is 0 Å². The number of nitrogens with one attached hydrogen (secondary N) is 1. The first-order chi connectivity index (χ1) is 16.2. The molecule has 4 rings (SSSR count). The van der Waals surface area contributed by atoms with E-state index in [2.05, 4.69) is 15.5 Å². The molecule has 0 radical (unpaired) electrons. The number of nitrogens with zero attached hydrogens (tertiary/aromatic N) is 3. The fourth-order valence-electron chi connectivity index (χ4n) is 3.71. The average molecular weight is 474 g/mol. The van der Waals surface area contributed by atoms with E-state index in [1.54, 1.807) is 11.0 Å². The predicted molar refractivity (Wildman–Crippen MR) is 119 cm³/mol. The number of likely N-dealkylation sites (tertiary alicyclic amines) is 1. The third kappa shape index (κ3) is 5.67. The van der Waals surface area contributed by atoms with Gasteiger partial charge in [0.15, 0.2) is 0 Å². The predicted octanol–water partition coefficient (Wildman–Crippen LogP) is 5.98. The lowest BCUT2D eigenvalue weighted by atomic mass is 9.93. The maximum atomic E-state index is 12.7. The number of alkyl halides is 3. The smallest absolute Gasteiger partial charge is 0.417 e. The molecule has 1 N–H and O–H groups in total. The van der Waals surface area contributed by atoms with E-state index in [-0.39, 0.29) is 11.9 Å². The van der Waals surface area contributed by atoms with Crippen LogP contribution in [0.15, 0.2) is 47.1 Å². The average Bonchev–Trinajstić information content (AvgIpc) is 3.07. The molecule has 3 aromatic rings. The number of urea groups is 1. The van der Waals surface area contributed by atoms with Gasteiger partial charge in [0.1, 0.15) is 5.75 Å². The number of carbonyl (C=O) groups is 1. The third-order valence-corrected chi connectivity index (χ3v) is 5.88. The molecule has 10 heteroatoms. The van der Waals surface area contributed by atoms with Gasteiger partial charge >= 0.3 is 12.2 Å². The van der Waals surface area contributed by atoms with Gasteiger partial charge in [-0.3, -0.25) is 5.32 Å². The summed E-state index contributed by atoms with van der Waals surface area (Å²) in [5.41, 5.74) is 1.82. The Balaban J connectivity index is 1.20. The van der Waals surface area contributed by atoms with Crippen LogP contribution in [-0.4, -0.2) is 34.2 Å². The Morgan fingerprint density at radius 2 is 2.03 bits per heavy atom. The number of carbonyl (C=O) groups excluding carboxylic acids is 1. The minimum absolute atomic E-state index is 0.105. The minimum Gasteiger partial charge on any atom is -0.439 e. The number of hydrogen-bond acceptors (Lipinski definition) is 5. The fourth-order valence-corrected chi connectivity index (χ4v) is 3.71. The van der Waals surface area contributed by atoms with Crippen molar-refractivity contribution >= 4 is 11.9 Å². The van der Waals surface area contributed by atoms with Crippen LogP contribution in [0.25, 0.3) is 0 Å². The first-order valence-electron chi connectivity index (χ1n) is 11.0. The van der Waals surface area contributed by atoms with E-state index in [0.717, 1.165) is 48.3 Å². The first-order valence-corrected chi connectivity index (χ1v) is 11.0. The lowest BCUT2D eigenvalue weighted by Gasteiger charge is -2.39. The molecule has 180 valence electrons. The van der Waals surface area contributed by atoms with E-state index in [0.29, 0.717) is 30.6 Å². The summed E-state index contributed by atoms with van der Waals surface area (Å²) in [5.74, 6) is 1.46. The molecule has 1 saturated heterocycles. The summed E-state index contributed by atoms with van der Waals surface area (Å²) in [6.07, 6.45) is -0.911. The second-order valence-corrected chi connectivity index (χ2v) is 8.45.